The molecule has 43 heavy (non-hydrogen) atoms. The van der Waals surface area contributed by atoms with Crippen LogP contribution in [0.15, 0.2) is 84.9 Å². The fourth-order valence-corrected chi connectivity index (χ4v) is 5.77. The monoisotopic (exact) mass is 595 g/mol. The highest BCUT2D eigenvalue weighted by Crippen LogP contribution is 2.36. The summed E-state index contributed by atoms with van der Waals surface area (Å²) in [4.78, 5) is 14.4. The van der Waals surface area contributed by atoms with Crippen LogP contribution < -0.4 is 15.0 Å². The molecule has 7 nitrogen and oxygen atoms in total. The molecule has 4 aromatic rings. The smallest absolute Gasteiger partial charge is 0.260 e. The average Bonchev–Trinajstić information content (AvgIpc) is 3.04. The summed E-state index contributed by atoms with van der Waals surface area (Å²) in [5.74, 6) is 0.638. The van der Waals surface area contributed by atoms with E-state index < -0.39 is 11.9 Å². The van der Waals surface area contributed by atoms with Gasteiger partial charge in [0.2, 0.25) is 0 Å². The van der Waals surface area contributed by atoms with Crippen LogP contribution in [0.4, 0.5) is 0 Å². The summed E-state index contributed by atoms with van der Waals surface area (Å²) in [6.45, 7) is 3.76. The fraction of sp³-hybridized carbons (Fsp3) is 0.257. The van der Waals surface area contributed by atoms with Crippen molar-refractivity contribution in [2.45, 2.75) is 52.0 Å². The molecule has 8 heteroatoms. The Kier molecular flexibility index (Phi) is 9.96. The van der Waals surface area contributed by atoms with Crippen LogP contribution in [0.3, 0.4) is 0 Å². The van der Waals surface area contributed by atoms with Crippen molar-refractivity contribution in [3.05, 3.63) is 118 Å². The molecule has 1 heterocycles. The van der Waals surface area contributed by atoms with Gasteiger partial charge >= 0.3 is 0 Å². The molecule has 4 aromatic carbocycles. The summed E-state index contributed by atoms with van der Waals surface area (Å²) in [5.41, 5.74) is 8.49. The predicted octanol–water partition coefficient (Wildman–Crippen LogP) is 7.21. The summed E-state index contributed by atoms with van der Waals surface area (Å²) < 4.78 is 12.6. The maximum Gasteiger partial charge on any atom is 0.260 e. The first-order valence-electron chi connectivity index (χ1n) is 14.4. The van der Waals surface area contributed by atoms with E-state index in [1.165, 1.54) is 0 Å². The third kappa shape index (κ3) is 7.36. The molecule has 0 bridgehead atoms. The van der Waals surface area contributed by atoms with Crippen LogP contribution in [0.5, 0.6) is 11.5 Å². The third-order valence-electron chi connectivity index (χ3n) is 7.88. The van der Waals surface area contributed by atoms with Crippen molar-refractivity contribution in [3.8, 4) is 28.7 Å². The highest BCUT2D eigenvalue weighted by atomic mass is 35.5. The van der Waals surface area contributed by atoms with Gasteiger partial charge in [0.1, 0.15) is 24.7 Å². The number of benzene rings is 4. The SMILES string of the molecule is Cc1c(COc2cc(OCc3cccc(C#N)c3)c(CN3CCCCC3C(=O)NO)cc2Cl)cccc1-c1ccccc1. The minimum Gasteiger partial charge on any atom is -0.488 e. The van der Waals surface area contributed by atoms with Crippen LogP contribution in [0.25, 0.3) is 11.1 Å². The fourth-order valence-electron chi connectivity index (χ4n) is 5.53. The van der Waals surface area contributed by atoms with Crippen molar-refractivity contribution in [1.82, 2.24) is 10.4 Å². The van der Waals surface area contributed by atoms with Crippen LogP contribution >= 0.6 is 11.6 Å². The first-order chi connectivity index (χ1) is 21.0. The van der Waals surface area contributed by atoms with E-state index in [0.717, 1.165) is 46.2 Å². The lowest BCUT2D eigenvalue weighted by Crippen LogP contribution is -2.48. The van der Waals surface area contributed by atoms with Crippen molar-refractivity contribution in [2.24, 2.45) is 0 Å². The van der Waals surface area contributed by atoms with Gasteiger partial charge in [-0.25, -0.2) is 5.48 Å². The summed E-state index contributed by atoms with van der Waals surface area (Å²) in [6, 6.07) is 29.0. The molecule has 220 valence electrons. The van der Waals surface area contributed by atoms with Crippen molar-refractivity contribution < 1.29 is 19.5 Å². The minimum atomic E-state index is -0.450. The Labute approximate surface area is 257 Å². The Balaban J connectivity index is 1.41. The van der Waals surface area contributed by atoms with E-state index >= 15 is 0 Å². The third-order valence-corrected chi connectivity index (χ3v) is 8.17. The van der Waals surface area contributed by atoms with Crippen molar-refractivity contribution in [1.29, 1.82) is 5.26 Å². The first kappa shape index (κ1) is 30.1. The number of ether oxygens (including phenoxy) is 2. The molecule has 0 aromatic heterocycles. The van der Waals surface area contributed by atoms with E-state index in [4.69, 9.17) is 21.1 Å². The molecule has 5 rings (SSSR count). The zero-order valence-corrected chi connectivity index (χ0v) is 24.8. The maximum atomic E-state index is 12.4. The lowest BCUT2D eigenvalue weighted by molar-refractivity contribution is -0.136. The minimum absolute atomic E-state index is 0.238. The van der Waals surface area contributed by atoms with Gasteiger partial charge in [-0.3, -0.25) is 14.9 Å². The topological polar surface area (TPSA) is 94.8 Å². The van der Waals surface area contributed by atoms with Gasteiger partial charge < -0.3 is 9.47 Å². The highest BCUT2D eigenvalue weighted by molar-refractivity contribution is 6.32. The quantitative estimate of drug-likeness (QED) is 0.149. The number of rotatable bonds is 10. The molecule has 1 atom stereocenters. The Morgan fingerprint density at radius 2 is 1.77 bits per heavy atom. The van der Waals surface area contributed by atoms with Crippen molar-refractivity contribution >= 4 is 17.5 Å². The molecular formula is C35H34ClN3O4. The normalized spacial score (nSPS) is 15.0. The molecule has 1 fully saturated rings. The first-order valence-corrected chi connectivity index (χ1v) is 14.7. The number of likely N-dealkylation sites (tertiary alicyclic amines) is 1. The predicted molar refractivity (Wildman–Crippen MR) is 166 cm³/mol. The molecule has 1 aliphatic rings. The lowest BCUT2D eigenvalue weighted by Gasteiger charge is -2.34. The number of halogens is 1. The van der Waals surface area contributed by atoms with E-state index in [9.17, 15) is 15.3 Å². The van der Waals surface area contributed by atoms with Gasteiger partial charge in [-0.15, -0.1) is 0 Å². The second-order valence-corrected chi connectivity index (χ2v) is 11.1. The molecule has 1 aliphatic heterocycles. The Bertz CT molecular complexity index is 1620. The van der Waals surface area contributed by atoms with Gasteiger partial charge in [-0.2, -0.15) is 5.26 Å². The van der Waals surface area contributed by atoms with Gasteiger partial charge in [0.05, 0.1) is 22.7 Å². The van der Waals surface area contributed by atoms with E-state index in [1.54, 1.807) is 18.2 Å². The molecule has 2 N–H and O–H groups in total. The van der Waals surface area contributed by atoms with Crippen LogP contribution in [0.1, 0.15) is 47.1 Å². The zero-order valence-electron chi connectivity index (χ0n) is 24.1. The van der Waals surface area contributed by atoms with Crippen LogP contribution in [-0.4, -0.2) is 28.6 Å². The number of nitrogens with zero attached hydrogens (tertiary/aromatic N) is 2. The number of piperidine rings is 1. The van der Waals surface area contributed by atoms with Gasteiger partial charge in [0, 0.05) is 18.2 Å². The van der Waals surface area contributed by atoms with E-state index in [2.05, 4.69) is 31.2 Å². The lowest BCUT2D eigenvalue weighted by atomic mass is 9.97. The summed E-state index contributed by atoms with van der Waals surface area (Å²) >= 11 is 6.78. The van der Waals surface area contributed by atoms with Gasteiger partial charge in [-0.05, 0) is 72.3 Å². The van der Waals surface area contributed by atoms with Crippen molar-refractivity contribution in [3.63, 3.8) is 0 Å². The van der Waals surface area contributed by atoms with Crippen LogP contribution in [0, 0.1) is 18.3 Å². The highest BCUT2D eigenvalue weighted by Gasteiger charge is 2.29. The second kappa shape index (κ2) is 14.2. The van der Waals surface area contributed by atoms with E-state index in [1.807, 2.05) is 58.9 Å². The molecule has 0 aliphatic carbocycles. The molecule has 0 radical (unpaired) electrons. The van der Waals surface area contributed by atoms with Crippen LogP contribution in [0.2, 0.25) is 5.02 Å². The number of nitrogens with one attached hydrogen (secondary N) is 1. The van der Waals surface area contributed by atoms with Gasteiger partial charge in [0.25, 0.3) is 5.91 Å². The Hall–Kier alpha value is -4.35. The number of hydrogen-bond acceptors (Lipinski definition) is 6. The Morgan fingerprint density at radius 3 is 2.56 bits per heavy atom. The average molecular weight is 596 g/mol. The van der Waals surface area contributed by atoms with E-state index in [-0.39, 0.29) is 6.61 Å². The summed E-state index contributed by atoms with van der Waals surface area (Å²) in [5, 5.41) is 19.0. The standard InChI is InChI=1S/C35H34ClN3O4/c1-24-28(13-8-14-30(24)27-11-3-2-4-12-27)23-43-34-19-33(42-22-26-10-7-9-25(17-26)20-37)29(18-31(34)36)21-39-16-6-5-15-32(39)35(40)38-41/h2-4,7-14,17-19,32,41H,5-6,15-16,21-23H2,1H3,(H,38,40). The number of nitriles is 1. The Morgan fingerprint density at radius 1 is 0.977 bits per heavy atom. The van der Waals surface area contributed by atoms with Gasteiger partial charge in [0.15, 0.2) is 0 Å². The van der Waals surface area contributed by atoms with E-state index in [0.29, 0.717) is 48.2 Å². The molecule has 0 spiro atoms. The van der Waals surface area contributed by atoms with Gasteiger partial charge in [-0.1, -0.05) is 78.7 Å². The second-order valence-electron chi connectivity index (χ2n) is 10.7. The zero-order chi connectivity index (χ0) is 30.2. The summed E-state index contributed by atoms with van der Waals surface area (Å²) in [6.07, 6.45) is 2.51. The molecule has 1 amide bonds. The molecule has 1 saturated heterocycles. The molecule has 0 saturated carbocycles. The number of carbonyl (C=O) groups is 1. The number of hydroxylamine groups is 1. The van der Waals surface area contributed by atoms with Crippen molar-refractivity contribution in [2.75, 3.05) is 6.54 Å². The molecular weight excluding hydrogens is 562 g/mol. The number of carbonyl (C=O) groups excluding carboxylic acids is 1. The largest absolute Gasteiger partial charge is 0.488 e. The number of hydrogen-bond donors (Lipinski definition) is 2. The van der Waals surface area contributed by atoms with Crippen LogP contribution in [-0.2, 0) is 24.6 Å². The number of amides is 1. The maximum absolute atomic E-state index is 12.4. The molecule has 1 unspecified atom stereocenters. The summed E-state index contributed by atoms with van der Waals surface area (Å²) in [7, 11) is 0.